The molecular formula is C15H14N2O2. The van der Waals surface area contributed by atoms with Gasteiger partial charge in [-0.1, -0.05) is 36.4 Å². The van der Waals surface area contributed by atoms with Crippen LogP contribution in [0.1, 0.15) is 11.6 Å². The molecule has 4 heteroatoms. The van der Waals surface area contributed by atoms with Crippen LogP contribution in [-0.4, -0.2) is 13.1 Å². The molecule has 1 aliphatic rings. The molecule has 2 aromatic carbocycles. The molecule has 0 radical (unpaired) electrons. The Bertz CT molecular complexity index is 598. The highest BCUT2D eigenvalue weighted by molar-refractivity contribution is 5.88. The molecule has 1 aliphatic heterocycles. The lowest BCUT2D eigenvalue weighted by atomic mass is 10.1. The van der Waals surface area contributed by atoms with Crippen LogP contribution < -0.4 is 10.4 Å². The van der Waals surface area contributed by atoms with Crippen LogP contribution in [-0.2, 0) is 9.53 Å². The molecule has 1 heterocycles. The summed E-state index contributed by atoms with van der Waals surface area (Å²) in [6.07, 6.45) is 0. The Morgan fingerprint density at radius 2 is 1.79 bits per heavy atom. The summed E-state index contributed by atoms with van der Waals surface area (Å²) < 4.78 is 4.92. The summed E-state index contributed by atoms with van der Waals surface area (Å²) in [4.78, 5) is 12.1. The molecule has 0 fully saturated rings. The van der Waals surface area contributed by atoms with Crippen molar-refractivity contribution in [2.24, 2.45) is 0 Å². The number of ether oxygens (including phenoxy) is 1. The second-order valence-corrected chi connectivity index (χ2v) is 4.33. The average Bonchev–Trinajstić information content (AvgIpc) is 2.87. The quantitative estimate of drug-likeness (QED) is 0.837. The van der Waals surface area contributed by atoms with Gasteiger partial charge in [0.2, 0.25) is 0 Å². The maximum absolute atomic E-state index is 12.1. The van der Waals surface area contributed by atoms with Gasteiger partial charge in [0.25, 0.3) is 0 Å². The second kappa shape index (κ2) is 4.65. The monoisotopic (exact) mass is 254 g/mol. The Morgan fingerprint density at radius 1 is 1.11 bits per heavy atom. The molecule has 19 heavy (non-hydrogen) atoms. The average molecular weight is 254 g/mol. The molecule has 0 spiro atoms. The van der Waals surface area contributed by atoms with Gasteiger partial charge in [0, 0.05) is 5.56 Å². The van der Waals surface area contributed by atoms with Crippen molar-refractivity contribution >= 4 is 17.3 Å². The standard InChI is InChI=1S/C15H14N2O2/c1-19-15(18)14-12-9-5-6-10-13(12)16-17(14)11-7-3-2-4-8-11/h2-10,14,16H,1H3. The van der Waals surface area contributed by atoms with Gasteiger partial charge in [0.15, 0.2) is 6.04 Å². The first-order valence-electron chi connectivity index (χ1n) is 6.09. The van der Waals surface area contributed by atoms with Crippen molar-refractivity contribution in [3.8, 4) is 0 Å². The highest BCUT2D eigenvalue weighted by Crippen LogP contribution is 2.38. The lowest BCUT2D eigenvalue weighted by Gasteiger charge is -2.24. The zero-order valence-corrected chi connectivity index (χ0v) is 10.5. The molecule has 1 N–H and O–H groups in total. The molecule has 4 nitrogen and oxygen atoms in total. The second-order valence-electron chi connectivity index (χ2n) is 4.33. The topological polar surface area (TPSA) is 41.6 Å². The van der Waals surface area contributed by atoms with Crippen molar-refractivity contribution in [1.82, 2.24) is 0 Å². The predicted molar refractivity (Wildman–Crippen MR) is 73.7 cm³/mol. The third kappa shape index (κ3) is 1.91. The number of carbonyl (C=O) groups is 1. The summed E-state index contributed by atoms with van der Waals surface area (Å²) in [5.41, 5.74) is 6.03. The van der Waals surface area contributed by atoms with E-state index in [0.717, 1.165) is 16.9 Å². The lowest BCUT2D eigenvalue weighted by molar-refractivity contribution is -0.142. The van der Waals surface area contributed by atoms with E-state index in [4.69, 9.17) is 4.74 Å². The van der Waals surface area contributed by atoms with E-state index in [-0.39, 0.29) is 5.97 Å². The Hall–Kier alpha value is -2.49. The number of nitrogens with zero attached hydrogens (tertiary/aromatic N) is 1. The molecule has 3 rings (SSSR count). The zero-order valence-electron chi connectivity index (χ0n) is 10.5. The van der Waals surface area contributed by atoms with Gasteiger partial charge in [-0.3, -0.25) is 10.4 Å². The molecule has 0 saturated heterocycles. The van der Waals surface area contributed by atoms with E-state index in [9.17, 15) is 4.79 Å². The van der Waals surface area contributed by atoms with Gasteiger partial charge in [0.1, 0.15) is 0 Å². The Labute approximate surface area is 111 Å². The SMILES string of the molecule is COC(=O)C1c2ccccc2NN1c1ccccc1. The van der Waals surface area contributed by atoms with Gasteiger partial charge in [0.05, 0.1) is 18.5 Å². The minimum Gasteiger partial charge on any atom is -0.467 e. The molecule has 2 aromatic rings. The number of rotatable bonds is 2. The van der Waals surface area contributed by atoms with Crippen LogP contribution in [0.25, 0.3) is 0 Å². The number of para-hydroxylation sites is 2. The third-order valence-electron chi connectivity index (χ3n) is 3.21. The number of anilines is 2. The fraction of sp³-hybridized carbons (Fsp3) is 0.133. The van der Waals surface area contributed by atoms with E-state index >= 15 is 0 Å². The Kier molecular flexibility index (Phi) is 2.83. The van der Waals surface area contributed by atoms with Crippen LogP contribution >= 0.6 is 0 Å². The summed E-state index contributed by atoms with van der Waals surface area (Å²) >= 11 is 0. The minimum absolute atomic E-state index is 0.277. The molecule has 0 amide bonds. The number of nitrogens with one attached hydrogen (secondary N) is 1. The van der Waals surface area contributed by atoms with Crippen LogP contribution in [0.15, 0.2) is 54.6 Å². The summed E-state index contributed by atoms with van der Waals surface area (Å²) in [6.45, 7) is 0. The molecular weight excluding hydrogens is 240 g/mol. The summed E-state index contributed by atoms with van der Waals surface area (Å²) in [7, 11) is 1.41. The molecule has 0 aromatic heterocycles. The van der Waals surface area contributed by atoms with Crippen molar-refractivity contribution < 1.29 is 9.53 Å². The third-order valence-corrected chi connectivity index (χ3v) is 3.21. The number of benzene rings is 2. The van der Waals surface area contributed by atoms with Crippen molar-refractivity contribution in [1.29, 1.82) is 0 Å². The van der Waals surface area contributed by atoms with E-state index in [2.05, 4.69) is 5.43 Å². The normalized spacial score (nSPS) is 16.7. The number of hydrazine groups is 1. The zero-order chi connectivity index (χ0) is 13.2. The van der Waals surface area contributed by atoms with Crippen LogP contribution in [0.4, 0.5) is 11.4 Å². The fourth-order valence-electron chi connectivity index (χ4n) is 2.32. The van der Waals surface area contributed by atoms with Gasteiger partial charge in [-0.15, -0.1) is 0 Å². The lowest BCUT2D eigenvalue weighted by Crippen LogP contribution is -2.33. The number of hydrogen-bond acceptors (Lipinski definition) is 4. The molecule has 96 valence electrons. The predicted octanol–water partition coefficient (Wildman–Crippen LogP) is 2.75. The van der Waals surface area contributed by atoms with E-state index in [0.29, 0.717) is 0 Å². The Balaban J connectivity index is 2.05. The summed E-state index contributed by atoms with van der Waals surface area (Å²) in [5, 5.41) is 1.83. The van der Waals surface area contributed by atoms with Crippen LogP contribution in [0.5, 0.6) is 0 Å². The first-order chi connectivity index (χ1) is 9.31. The molecule has 1 unspecified atom stereocenters. The van der Waals surface area contributed by atoms with Crippen LogP contribution in [0.2, 0.25) is 0 Å². The maximum atomic E-state index is 12.1. The van der Waals surface area contributed by atoms with Crippen LogP contribution in [0.3, 0.4) is 0 Å². The number of esters is 1. The van der Waals surface area contributed by atoms with E-state index in [1.165, 1.54) is 7.11 Å². The molecule has 0 bridgehead atoms. The van der Waals surface area contributed by atoms with Gasteiger partial charge < -0.3 is 4.74 Å². The molecule has 0 aliphatic carbocycles. The van der Waals surface area contributed by atoms with Crippen molar-refractivity contribution in [3.05, 3.63) is 60.2 Å². The summed E-state index contributed by atoms with van der Waals surface area (Å²) in [6, 6.07) is 17.0. The highest BCUT2D eigenvalue weighted by atomic mass is 16.5. The highest BCUT2D eigenvalue weighted by Gasteiger charge is 2.36. The van der Waals surface area contributed by atoms with Gasteiger partial charge >= 0.3 is 5.97 Å². The largest absolute Gasteiger partial charge is 0.467 e. The van der Waals surface area contributed by atoms with Crippen LogP contribution in [0, 0.1) is 0 Å². The number of carbonyl (C=O) groups excluding carboxylic acids is 1. The smallest absolute Gasteiger partial charge is 0.335 e. The molecule has 1 atom stereocenters. The molecule has 0 saturated carbocycles. The van der Waals surface area contributed by atoms with Gasteiger partial charge in [-0.25, -0.2) is 4.79 Å². The minimum atomic E-state index is -0.455. The van der Waals surface area contributed by atoms with Gasteiger partial charge in [-0.2, -0.15) is 0 Å². The number of hydrogen-bond donors (Lipinski definition) is 1. The number of fused-ring (bicyclic) bond motifs is 1. The van der Waals surface area contributed by atoms with Crippen molar-refractivity contribution in [2.75, 3.05) is 17.5 Å². The van der Waals surface area contributed by atoms with Gasteiger partial charge in [-0.05, 0) is 18.2 Å². The first kappa shape index (κ1) is 11.6. The van der Waals surface area contributed by atoms with E-state index in [1.807, 2.05) is 59.6 Å². The summed E-state index contributed by atoms with van der Waals surface area (Å²) in [5.74, 6) is -0.277. The van der Waals surface area contributed by atoms with E-state index in [1.54, 1.807) is 0 Å². The Morgan fingerprint density at radius 3 is 2.53 bits per heavy atom. The van der Waals surface area contributed by atoms with Crippen molar-refractivity contribution in [3.63, 3.8) is 0 Å². The van der Waals surface area contributed by atoms with E-state index < -0.39 is 6.04 Å². The van der Waals surface area contributed by atoms with Crippen molar-refractivity contribution in [2.45, 2.75) is 6.04 Å². The fourth-order valence-corrected chi connectivity index (χ4v) is 2.32. The maximum Gasteiger partial charge on any atom is 0.335 e. The number of methoxy groups -OCH3 is 1. The first-order valence-corrected chi connectivity index (χ1v) is 6.09.